The van der Waals surface area contributed by atoms with Crippen LogP contribution in [-0.4, -0.2) is 66.1 Å². The SMILES string of the molecule is Cc1cc(C)nc(-c2cc(=O)n(-c3ccc(Cl)c4c(NS(C)(=O)=O)nn(CC(F)F)c34)c([C@H](Cc3cc(F)cc(F)c3)NC(=O)Cn3nc(C(F)F)c4c3C(F)(F)[C@@H]3C[C@H]43)n2)n1. The van der Waals surface area contributed by atoms with Crippen LogP contribution >= 0.6 is 11.6 Å². The van der Waals surface area contributed by atoms with Crippen LogP contribution in [0, 0.1) is 31.4 Å². The van der Waals surface area contributed by atoms with Gasteiger partial charge in [0.1, 0.15) is 47.6 Å². The zero-order valence-electron chi connectivity index (χ0n) is 32.3. The highest BCUT2D eigenvalue weighted by atomic mass is 35.5. The summed E-state index contributed by atoms with van der Waals surface area (Å²) in [6.45, 7) is 1.01. The first-order valence-electron chi connectivity index (χ1n) is 18.5. The molecule has 2 aliphatic carbocycles. The van der Waals surface area contributed by atoms with Crippen LogP contribution in [-0.2, 0) is 40.3 Å². The molecule has 2 N–H and O–H groups in total. The largest absolute Gasteiger partial charge is 0.344 e. The quantitative estimate of drug-likeness (QED) is 0.120. The van der Waals surface area contributed by atoms with Crippen LogP contribution < -0.4 is 15.6 Å². The molecule has 1 fully saturated rings. The smallest absolute Gasteiger partial charge is 0.293 e. The molecule has 0 bridgehead atoms. The average molecular weight is 911 g/mol. The number of nitrogens with zero attached hydrogens (tertiary/aromatic N) is 8. The molecule has 3 atom stereocenters. The van der Waals surface area contributed by atoms with E-state index < -0.39 is 112 Å². The van der Waals surface area contributed by atoms with Gasteiger partial charge in [-0.1, -0.05) is 11.6 Å². The van der Waals surface area contributed by atoms with Crippen LogP contribution in [0.4, 0.5) is 40.9 Å². The maximum absolute atomic E-state index is 15.5. The van der Waals surface area contributed by atoms with E-state index in [1.165, 1.54) is 12.1 Å². The number of amides is 1. The third-order valence-electron chi connectivity index (χ3n) is 10.3. The van der Waals surface area contributed by atoms with Gasteiger partial charge in [0.2, 0.25) is 15.9 Å². The number of alkyl halides is 6. The molecule has 1 saturated carbocycles. The minimum atomic E-state index is -4.12. The summed E-state index contributed by atoms with van der Waals surface area (Å²) in [5.41, 5.74) is -3.23. The van der Waals surface area contributed by atoms with E-state index in [1.54, 1.807) is 19.9 Å². The highest BCUT2D eigenvalue weighted by Crippen LogP contribution is 2.68. The van der Waals surface area contributed by atoms with Gasteiger partial charge in [-0.05, 0) is 62.1 Å². The molecule has 2 aliphatic rings. The Balaban J connectivity index is 1.36. The van der Waals surface area contributed by atoms with Gasteiger partial charge >= 0.3 is 0 Å². The number of rotatable bonds is 13. The summed E-state index contributed by atoms with van der Waals surface area (Å²) >= 11 is 6.52. The van der Waals surface area contributed by atoms with E-state index in [9.17, 15) is 44.3 Å². The Labute approximate surface area is 350 Å². The normalized spacial score (nSPS) is 17.1. The van der Waals surface area contributed by atoms with Gasteiger partial charge in [-0.15, -0.1) is 0 Å². The Kier molecular flexibility index (Phi) is 10.6. The fraction of sp³-hybridized carbons (Fsp3) is 0.342. The number of halogens is 9. The van der Waals surface area contributed by atoms with E-state index in [2.05, 4.69) is 35.2 Å². The fourth-order valence-electron chi connectivity index (χ4n) is 8.01. The molecule has 0 aliphatic heterocycles. The second-order valence-electron chi connectivity index (χ2n) is 15.0. The third-order valence-corrected chi connectivity index (χ3v) is 11.2. The number of fused-ring (bicyclic) bond motifs is 4. The minimum absolute atomic E-state index is 0.0480. The molecule has 6 aromatic rings. The van der Waals surface area contributed by atoms with Crippen LogP contribution in [0.2, 0.25) is 5.02 Å². The monoisotopic (exact) mass is 910 g/mol. The van der Waals surface area contributed by atoms with Gasteiger partial charge in [-0.3, -0.25) is 28.2 Å². The molecule has 62 heavy (non-hydrogen) atoms. The third kappa shape index (κ3) is 7.98. The summed E-state index contributed by atoms with van der Waals surface area (Å²) in [6.07, 6.45) is -6.24. The molecular formula is C38H31ClF8N10O4S. The molecule has 4 aromatic heterocycles. The average Bonchev–Trinajstić information content (AvgIpc) is 3.67. The maximum atomic E-state index is 15.5. The number of aryl methyl sites for hydroxylation is 2. The zero-order valence-corrected chi connectivity index (χ0v) is 33.8. The van der Waals surface area contributed by atoms with Crippen LogP contribution in [0.15, 0.2) is 47.3 Å². The fourth-order valence-corrected chi connectivity index (χ4v) is 8.75. The lowest BCUT2D eigenvalue weighted by molar-refractivity contribution is -0.123. The highest BCUT2D eigenvalue weighted by Gasteiger charge is 2.67. The molecule has 14 nitrogen and oxygen atoms in total. The van der Waals surface area contributed by atoms with E-state index >= 15 is 8.78 Å². The molecule has 0 radical (unpaired) electrons. The van der Waals surface area contributed by atoms with E-state index in [4.69, 9.17) is 11.6 Å². The van der Waals surface area contributed by atoms with Gasteiger partial charge < -0.3 is 5.32 Å². The van der Waals surface area contributed by atoms with E-state index in [-0.39, 0.29) is 50.7 Å². The first-order valence-corrected chi connectivity index (χ1v) is 20.8. The Morgan fingerprint density at radius 2 is 1.65 bits per heavy atom. The molecule has 0 saturated heterocycles. The molecule has 326 valence electrons. The van der Waals surface area contributed by atoms with Crippen molar-refractivity contribution in [1.29, 1.82) is 0 Å². The van der Waals surface area contributed by atoms with Crippen molar-refractivity contribution in [1.82, 2.24) is 44.4 Å². The van der Waals surface area contributed by atoms with E-state index in [0.29, 0.717) is 26.8 Å². The maximum Gasteiger partial charge on any atom is 0.293 e. The standard InChI is InChI=1S/C38H31ClF8N10O4S/c1-15-6-16(2)49-35(48-15)23-12-28(59)57(25-5-4-22(39)30-32(25)55(13-26(42)43)53-36(30)54-62(3,60)61)37(51-23)24(9-17-7-18(40)10-19(41)8-17)50-27(58)14-56-33-29(31(52-56)34(44)45)20-11-21(20)38(33,46)47/h4-8,10,12,20-21,24,26,34H,9,11,13-14H2,1-3H3,(H,50,58)(H,53,54)/t20-,21+,24-/m0/s1. The Morgan fingerprint density at radius 3 is 2.27 bits per heavy atom. The lowest BCUT2D eigenvalue weighted by atomic mass is 10.0. The van der Waals surface area contributed by atoms with E-state index in [0.717, 1.165) is 29.0 Å². The number of carbonyl (C=O) groups is 1. The highest BCUT2D eigenvalue weighted by molar-refractivity contribution is 7.92. The number of hydrogen-bond acceptors (Lipinski definition) is 9. The van der Waals surface area contributed by atoms with Gasteiger partial charge in [0.25, 0.3) is 24.3 Å². The summed E-state index contributed by atoms with van der Waals surface area (Å²) < 4.78 is 146. The molecule has 0 spiro atoms. The van der Waals surface area contributed by atoms with Gasteiger partial charge in [0.05, 0.1) is 33.9 Å². The lowest BCUT2D eigenvalue weighted by Gasteiger charge is -2.24. The van der Waals surface area contributed by atoms with Crippen molar-refractivity contribution < 1.29 is 48.3 Å². The second-order valence-corrected chi connectivity index (χ2v) is 17.2. The Bertz CT molecular complexity index is 2960. The van der Waals surface area contributed by atoms with Gasteiger partial charge in [-0.25, -0.2) is 49.7 Å². The first-order chi connectivity index (χ1) is 29.1. The molecule has 1 amide bonds. The molecule has 8 rings (SSSR count). The number of nitrogens with one attached hydrogen (secondary N) is 2. The van der Waals surface area contributed by atoms with Crippen LogP contribution in [0.1, 0.15) is 64.5 Å². The zero-order chi connectivity index (χ0) is 44.7. The number of hydrogen-bond donors (Lipinski definition) is 2. The van der Waals surface area contributed by atoms with Crippen molar-refractivity contribution in [3.05, 3.63) is 109 Å². The molecule has 0 unspecified atom stereocenters. The summed E-state index contributed by atoms with van der Waals surface area (Å²) in [6, 6.07) is 5.61. The second kappa shape index (κ2) is 15.4. The number of sulfonamides is 1. The molecule has 2 aromatic carbocycles. The summed E-state index contributed by atoms with van der Waals surface area (Å²) in [4.78, 5) is 42.0. The predicted molar refractivity (Wildman–Crippen MR) is 206 cm³/mol. The summed E-state index contributed by atoms with van der Waals surface area (Å²) in [5, 5.41) is 9.79. The Hall–Kier alpha value is -5.97. The molecular weight excluding hydrogens is 880 g/mol. The van der Waals surface area contributed by atoms with Crippen LogP contribution in [0.25, 0.3) is 28.1 Å². The topological polar surface area (TPSA) is 172 Å². The van der Waals surface area contributed by atoms with Gasteiger partial charge in [0, 0.05) is 41.4 Å². The van der Waals surface area contributed by atoms with Crippen molar-refractivity contribution in [3.8, 4) is 17.2 Å². The van der Waals surface area contributed by atoms with Gasteiger partial charge in [0.15, 0.2) is 11.6 Å². The van der Waals surface area contributed by atoms with Crippen LogP contribution in [0.5, 0.6) is 0 Å². The Morgan fingerprint density at radius 1 is 0.968 bits per heavy atom. The van der Waals surface area contributed by atoms with Crippen molar-refractivity contribution in [2.75, 3.05) is 11.0 Å². The van der Waals surface area contributed by atoms with Crippen molar-refractivity contribution in [3.63, 3.8) is 0 Å². The predicted octanol–water partition coefficient (Wildman–Crippen LogP) is 6.67. The van der Waals surface area contributed by atoms with E-state index in [1.807, 2.05) is 0 Å². The number of anilines is 1. The number of aromatic nitrogens is 8. The van der Waals surface area contributed by atoms with Crippen molar-refractivity contribution >= 4 is 44.3 Å². The van der Waals surface area contributed by atoms with Crippen molar-refractivity contribution in [2.45, 2.75) is 70.5 Å². The number of carbonyl (C=O) groups excluding carboxylic acids is 1. The minimum Gasteiger partial charge on any atom is -0.344 e. The first kappa shape index (κ1) is 42.7. The number of benzene rings is 2. The van der Waals surface area contributed by atoms with Gasteiger partial charge in [-0.2, -0.15) is 19.0 Å². The summed E-state index contributed by atoms with van der Waals surface area (Å²) in [5.74, 6) is -10.1. The van der Waals surface area contributed by atoms with Crippen molar-refractivity contribution in [2.24, 2.45) is 5.92 Å². The van der Waals surface area contributed by atoms with Crippen LogP contribution in [0.3, 0.4) is 0 Å². The molecule has 4 heterocycles. The molecule has 24 heteroatoms. The summed E-state index contributed by atoms with van der Waals surface area (Å²) in [7, 11) is -4.12. The lowest BCUT2D eigenvalue weighted by Crippen LogP contribution is -2.38.